The van der Waals surface area contributed by atoms with Gasteiger partial charge in [-0.15, -0.1) is 35.3 Å². The Bertz CT molecular complexity index is 1810. The number of benzene rings is 3. The molecule has 0 aliphatic carbocycles. The van der Waals surface area contributed by atoms with Crippen LogP contribution in [0.3, 0.4) is 0 Å². The van der Waals surface area contributed by atoms with E-state index in [0.29, 0.717) is 19.3 Å². The third-order valence-electron chi connectivity index (χ3n) is 13.8. The lowest BCUT2D eigenvalue weighted by Gasteiger charge is -2.32. The van der Waals surface area contributed by atoms with Crippen molar-refractivity contribution in [3.05, 3.63) is 89.5 Å². The first-order valence-corrected chi connectivity index (χ1v) is 30.9. The molecule has 0 atom stereocenters. The smallest absolute Gasteiger partial charge is 0.164 e. The Morgan fingerprint density at radius 2 is 0.657 bits per heavy atom. The number of hydrogen-bond acceptors (Lipinski definition) is 10. The van der Waals surface area contributed by atoms with Crippen molar-refractivity contribution in [3.8, 4) is 0 Å². The number of hydrogen-bond donors (Lipinski definition) is 0. The van der Waals surface area contributed by atoms with Crippen LogP contribution in [0.25, 0.3) is 0 Å². The van der Waals surface area contributed by atoms with Crippen LogP contribution in [0.15, 0.2) is 87.5 Å². The van der Waals surface area contributed by atoms with Crippen LogP contribution >= 0.6 is 35.3 Å². The molecule has 70 heavy (non-hydrogen) atoms. The normalized spacial score (nSPS) is 15.9. The molecule has 0 N–H and O–H groups in total. The Balaban J connectivity index is 0.000000228. The Kier molecular flexibility index (Phi) is 32.8. The molecule has 3 aromatic rings. The number of unbranched alkanes of at least 4 members (excludes halogenated alkanes) is 9. The SMILES string of the molecule is CCCCCCCSc1ccc(C(=O)CCN2CCCCC2)cc1.CCCCCCSc1ccc(C(=O)CCN2CCCCC2)cc1.CCCCCSc1ccc(C(=O)CCN2CCN(C)CC2)cc1. The molecule has 3 fully saturated rings. The van der Waals surface area contributed by atoms with Gasteiger partial charge in [0, 0.05) is 96.5 Å². The van der Waals surface area contributed by atoms with Crippen LogP contribution in [-0.4, -0.2) is 133 Å². The van der Waals surface area contributed by atoms with E-state index in [2.05, 4.69) is 83.8 Å². The van der Waals surface area contributed by atoms with Gasteiger partial charge in [-0.3, -0.25) is 14.4 Å². The number of carbonyl (C=O) groups is 3. The van der Waals surface area contributed by atoms with Crippen molar-refractivity contribution in [1.82, 2.24) is 19.6 Å². The minimum absolute atomic E-state index is 0.270. The monoisotopic (exact) mass is 1010 g/mol. The Morgan fingerprint density at radius 1 is 0.371 bits per heavy atom. The zero-order valence-electron chi connectivity index (χ0n) is 44.4. The van der Waals surface area contributed by atoms with E-state index in [4.69, 9.17) is 0 Å². The number of Topliss-reactive ketones (excluding diaryl/α,β-unsaturated/α-hetero) is 3. The van der Waals surface area contributed by atoms with Crippen LogP contribution in [0, 0.1) is 0 Å². The summed E-state index contributed by atoms with van der Waals surface area (Å²) in [5, 5.41) is 0. The lowest BCUT2D eigenvalue weighted by molar-refractivity contribution is 0.0937. The molecule has 0 aromatic heterocycles. The number of rotatable bonds is 30. The zero-order chi connectivity index (χ0) is 49.9. The number of ketones is 3. The molecular weight excluding hydrogens is 921 g/mol. The summed E-state index contributed by atoms with van der Waals surface area (Å²) in [6, 6.07) is 24.7. The number of likely N-dealkylation sites (N-methyl/N-ethyl adjacent to an activating group) is 1. The second-order valence-corrected chi connectivity index (χ2v) is 23.3. The van der Waals surface area contributed by atoms with Crippen LogP contribution < -0.4 is 0 Å². The van der Waals surface area contributed by atoms with Crippen LogP contribution in [0.4, 0.5) is 0 Å². The van der Waals surface area contributed by atoms with Gasteiger partial charge in [-0.2, -0.15) is 0 Å². The van der Waals surface area contributed by atoms with Crippen molar-refractivity contribution in [2.75, 3.05) is 96.3 Å². The zero-order valence-corrected chi connectivity index (χ0v) is 46.9. The molecule has 6 rings (SSSR count). The predicted octanol–water partition coefficient (Wildman–Crippen LogP) is 15.0. The lowest BCUT2D eigenvalue weighted by Crippen LogP contribution is -2.45. The molecule has 3 aliphatic heterocycles. The summed E-state index contributed by atoms with van der Waals surface area (Å²) in [5.74, 6) is 4.39. The Labute approximate surface area is 440 Å². The number of nitrogens with zero attached hydrogens (tertiary/aromatic N) is 4. The van der Waals surface area contributed by atoms with Crippen LogP contribution in [-0.2, 0) is 0 Å². The first-order chi connectivity index (χ1) is 34.3. The summed E-state index contributed by atoms with van der Waals surface area (Å²) in [5.41, 5.74) is 2.61. The summed E-state index contributed by atoms with van der Waals surface area (Å²) < 4.78 is 0. The van der Waals surface area contributed by atoms with E-state index in [1.165, 1.54) is 174 Å². The first kappa shape index (κ1) is 60.1. The lowest BCUT2D eigenvalue weighted by atomic mass is 10.1. The first-order valence-electron chi connectivity index (χ1n) is 27.9. The van der Waals surface area contributed by atoms with Gasteiger partial charge in [-0.25, -0.2) is 0 Å². The highest BCUT2D eigenvalue weighted by molar-refractivity contribution is 7.99. The standard InChI is InChI=1S/C21H33NOS.C20H31NOS.C19H30N2OS/c1-2-3-4-5-9-18-24-20-12-10-19(11-13-20)21(23)14-17-22-15-7-6-8-16-22;1-2-3-4-8-17-23-19-11-9-18(10-12-19)20(22)13-16-21-14-6-5-7-15-21;1-3-4-5-16-23-18-8-6-17(7-9-18)19(22)10-11-21-14-12-20(2)13-15-21/h10-13H,2-9,14-18H2,1H3;9-12H,2-8,13-17H2,1H3;6-9H,3-5,10-16H2,1-2H3. The predicted molar refractivity (Wildman–Crippen MR) is 305 cm³/mol. The van der Waals surface area contributed by atoms with Gasteiger partial charge in [0.25, 0.3) is 0 Å². The van der Waals surface area contributed by atoms with Crippen molar-refractivity contribution in [2.45, 2.75) is 170 Å². The second-order valence-electron chi connectivity index (χ2n) is 19.8. The summed E-state index contributed by atoms with van der Waals surface area (Å²) in [6.07, 6.45) is 25.5. The van der Waals surface area contributed by atoms with Crippen LogP contribution in [0.2, 0.25) is 0 Å². The molecule has 0 bridgehead atoms. The maximum atomic E-state index is 12.3. The third kappa shape index (κ3) is 26.5. The van der Waals surface area contributed by atoms with Crippen molar-refractivity contribution in [1.29, 1.82) is 0 Å². The molecule has 0 unspecified atom stereocenters. The average molecular weight is 1020 g/mol. The summed E-state index contributed by atoms with van der Waals surface area (Å²) in [7, 11) is 2.16. The highest BCUT2D eigenvalue weighted by Gasteiger charge is 2.17. The average Bonchev–Trinajstić information content (AvgIpc) is 3.40. The molecule has 0 radical (unpaired) electrons. The fraction of sp³-hybridized carbons (Fsp3) is 0.650. The number of thioether (sulfide) groups is 3. The van der Waals surface area contributed by atoms with Crippen molar-refractivity contribution < 1.29 is 14.4 Å². The van der Waals surface area contributed by atoms with E-state index >= 15 is 0 Å². The van der Waals surface area contributed by atoms with E-state index in [1.54, 1.807) is 0 Å². The molecule has 7 nitrogen and oxygen atoms in total. The van der Waals surface area contributed by atoms with Crippen LogP contribution in [0.5, 0.6) is 0 Å². The molecular formula is C60H94N4O3S3. The van der Waals surface area contributed by atoms with Crippen molar-refractivity contribution in [2.24, 2.45) is 0 Å². The number of carbonyl (C=O) groups excluding carboxylic acids is 3. The topological polar surface area (TPSA) is 64.2 Å². The maximum Gasteiger partial charge on any atom is 0.164 e. The fourth-order valence-corrected chi connectivity index (χ4v) is 11.8. The molecule has 0 spiro atoms. The minimum atomic E-state index is 0.270. The van der Waals surface area contributed by atoms with E-state index in [-0.39, 0.29) is 17.3 Å². The van der Waals surface area contributed by atoms with Gasteiger partial charge in [0.2, 0.25) is 0 Å². The van der Waals surface area contributed by atoms with Gasteiger partial charge in [0.15, 0.2) is 17.3 Å². The Hall–Kier alpha value is -2.44. The third-order valence-corrected chi connectivity index (χ3v) is 17.1. The molecule has 0 amide bonds. The highest BCUT2D eigenvalue weighted by atomic mass is 32.2. The summed E-state index contributed by atoms with van der Waals surface area (Å²) in [6.45, 7) is 18.5. The molecule has 3 heterocycles. The van der Waals surface area contributed by atoms with Crippen LogP contribution in [0.1, 0.15) is 187 Å². The fourth-order valence-electron chi connectivity index (χ4n) is 9.02. The second kappa shape index (κ2) is 38.2. The molecule has 3 aliphatic rings. The van der Waals surface area contributed by atoms with Gasteiger partial charge in [-0.1, -0.05) is 128 Å². The van der Waals surface area contributed by atoms with Gasteiger partial charge in [0.05, 0.1) is 0 Å². The quantitative estimate of drug-likeness (QED) is 0.0366. The summed E-state index contributed by atoms with van der Waals surface area (Å²) in [4.78, 5) is 50.4. The van der Waals surface area contributed by atoms with Crippen molar-refractivity contribution in [3.63, 3.8) is 0 Å². The number of likely N-dealkylation sites (tertiary alicyclic amines) is 2. The van der Waals surface area contributed by atoms with Gasteiger partial charge in [-0.05, 0) is 132 Å². The van der Waals surface area contributed by atoms with E-state index in [0.717, 1.165) is 62.5 Å². The van der Waals surface area contributed by atoms with Gasteiger partial charge in [0.1, 0.15) is 0 Å². The molecule has 10 heteroatoms. The number of piperidine rings is 2. The van der Waals surface area contributed by atoms with Gasteiger partial charge < -0.3 is 19.6 Å². The summed E-state index contributed by atoms with van der Waals surface area (Å²) >= 11 is 5.72. The molecule has 3 aromatic carbocycles. The molecule has 0 saturated carbocycles. The minimum Gasteiger partial charge on any atom is -0.304 e. The van der Waals surface area contributed by atoms with E-state index in [1.807, 2.05) is 71.7 Å². The highest BCUT2D eigenvalue weighted by Crippen LogP contribution is 2.24. The molecule has 3 saturated heterocycles. The maximum absolute atomic E-state index is 12.3. The Morgan fingerprint density at radius 3 is 1.00 bits per heavy atom. The number of piperazine rings is 1. The van der Waals surface area contributed by atoms with Gasteiger partial charge >= 0.3 is 0 Å². The van der Waals surface area contributed by atoms with E-state index in [9.17, 15) is 14.4 Å². The van der Waals surface area contributed by atoms with Crippen molar-refractivity contribution >= 4 is 52.6 Å². The largest absolute Gasteiger partial charge is 0.304 e. The van der Waals surface area contributed by atoms with E-state index < -0.39 is 0 Å². The molecule has 390 valence electrons.